The van der Waals surface area contributed by atoms with E-state index in [0.717, 1.165) is 4.85 Å². The molecule has 0 aliphatic heterocycles. The molecular weight excluding hydrogens is 196 g/mol. The van der Waals surface area contributed by atoms with Gasteiger partial charge in [0.25, 0.3) is 0 Å². The standard InChI is InChI=1S/C6H5N3O.C3H3NO/c10-9-6-4-2-1-3-5(6)7-8-9;1-2-5-3-4-1/h1-4,10H;1-3H. The van der Waals surface area contributed by atoms with Crippen molar-refractivity contribution in [3.05, 3.63) is 43.1 Å². The normalized spacial score (nSPS) is 9.60. The topological polar surface area (TPSA) is 77.0 Å². The first kappa shape index (κ1) is 9.20. The zero-order valence-corrected chi connectivity index (χ0v) is 7.69. The van der Waals surface area contributed by atoms with E-state index in [1.54, 1.807) is 18.3 Å². The molecule has 15 heavy (non-hydrogen) atoms. The smallest absolute Gasteiger partial charge is 0.180 e. The van der Waals surface area contributed by atoms with Crippen molar-refractivity contribution < 1.29 is 9.62 Å². The summed E-state index contributed by atoms with van der Waals surface area (Å²) in [7, 11) is 0. The molecule has 0 fully saturated rings. The van der Waals surface area contributed by atoms with Crippen molar-refractivity contribution in [1.29, 1.82) is 0 Å². The third kappa shape index (κ3) is 2.11. The number of oxazole rings is 1. The average molecular weight is 204 g/mol. The van der Waals surface area contributed by atoms with Crippen LogP contribution in [0.25, 0.3) is 11.0 Å². The molecule has 2 aromatic heterocycles. The van der Waals surface area contributed by atoms with Crippen LogP contribution < -0.4 is 0 Å². The van der Waals surface area contributed by atoms with Gasteiger partial charge in [-0.15, -0.1) is 5.10 Å². The summed E-state index contributed by atoms with van der Waals surface area (Å²) in [5.74, 6) is 0. The molecular formula is C9H8N4O2. The molecule has 6 heteroatoms. The lowest BCUT2D eigenvalue weighted by atomic mass is 10.3. The van der Waals surface area contributed by atoms with Crippen LogP contribution in [-0.2, 0) is 0 Å². The number of nitrogens with zero attached hydrogens (tertiary/aromatic N) is 4. The van der Waals surface area contributed by atoms with E-state index in [4.69, 9.17) is 5.21 Å². The van der Waals surface area contributed by atoms with Crippen LogP contribution >= 0.6 is 0 Å². The molecule has 0 amide bonds. The van der Waals surface area contributed by atoms with Crippen molar-refractivity contribution in [1.82, 2.24) is 20.1 Å². The number of para-hydroxylation sites is 1. The molecule has 0 atom stereocenters. The van der Waals surface area contributed by atoms with Crippen LogP contribution in [0.1, 0.15) is 0 Å². The predicted octanol–water partition coefficient (Wildman–Crippen LogP) is 1.34. The Labute approximate surface area is 84.7 Å². The molecule has 0 bridgehead atoms. The lowest BCUT2D eigenvalue weighted by molar-refractivity contribution is 0.155. The first-order valence-electron chi connectivity index (χ1n) is 4.20. The Balaban J connectivity index is 0.000000144. The van der Waals surface area contributed by atoms with Crippen molar-refractivity contribution >= 4 is 11.0 Å². The van der Waals surface area contributed by atoms with Crippen molar-refractivity contribution in [2.75, 3.05) is 0 Å². The van der Waals surface area contributed by atoms with E-state index in [0.29, 0.717) is 11.0 Å². The molecule has 3 aromatic rings. The van der Waals surface area contributed by atoms with Crippen LogP contribution in [0.3, 0.4) is 0 Å². The third-order valence-corrected chi connectivity index (χ3v) is 1.68. The summed E-state index contributed by atoms with van der Waals surface area (Å²) in [6.45, 7) is 0. The van der Waals surface area contributed by atoms with Gasteiger partial charge in [0.2, 0.25) is 0 Å². The first-order valence-corrected chi connectivity index (χ1v) is 4.20. The zero-order valence-electron chi connectivity index (χ0n) is 7.69. The van der Waals surface area contributed by atoms with Crippen LogP contribution in [0.4, 0.5) is 0 Å². The maximum absolute atomic E-state index is 8.95. The molecule has 76 valence electrons. The molecule has 0 aliphatic carbocycles. The van der Waals surface area contributed by atoms with E-state index < -0.39 is 0 Å². The number of benzene rings is 1. The Morgan fingerprint density at radius 2 is 2.13 bits per heavy atom. The molecule has 6 nitrogen and oxygen atoms in total. The fourth-order valence-corrected chi connectivity index (χ4v) is 1.03. The highest BCUT2D eigenvalue weighted by atomic mass is 16.5. The number of hydrogen-bond acceptors (Lipinski definition) is 5. The third-order valence-electron chi connectivity index (χ3n) is 1.68. The SMILES string of the molecule is On1nnc2ccccc21.c1cocn1. The van der Waals surface area contributed by atoms with Gasteiger partial charge in [0.05, 0.1) is 6.20 Å². The van der Waals surface area contributed by atoms with Crippen LogP contribution in [0.2, 0.25) is 0 Å². The molecule has 1 aromatic carbocycles. The van der Waals surface area contributed by atoms with E-state index in [-0.39, 0.29) is 0 Å². The molecule has 1 N–H and O–H groups in total. The second-order valence-corrected chi connectivity index (χ2v) is 2.64. The van der Waals surface area contributed by atoms with Gasteiger partial charge in [-0.2, -0.15) is 0 Å². The summed E-state index contributed by atoms with van der Waals surface area (Å²) in [5.41, 5.74) is 1.33. The largest absolute Gasteiger partial charge is 0.452 e. The highest BCUT2D eigenvalue weighted by molar-refractivity contribution is 5.73. The van der Waals surface area contributed by atoms with Gasteiger partial charge in [-0.1, -0.05) is 17.0 Å². The van der Waals surface area contributed by atoms with Crippen LogP contribution in [0.15, 0.2) is 47.5 Å². The highest BCUT2D eigenvalue weighted by Gasteiger charge is 1.98. The Bertz CT molecular complexity index is 500. The summed E-state index contributed by atoms with van der Waals surface area (Å²) < 4.78 is 4.47. The second-order valence-electron chi connectivity index (χ2n) is 2.64. The summed E-state index contributed by atoms with van der Waals surface area (Å²) >= 11 is 0. The second kappa shape index (κ2) is 4.23. The summed E-state index contributed by atoms with van der Waals surface area (Å²) in [6, 6.07) is 7.19. The van der Waals surface area contributed by atoms with Crippen LogP contribution in [-0.4, -0.2) is 25.3 Å². The lowest BCUT2D eigenvalue weighted by Crippen LogP contribution is -1.90. The molecule has 0 saturated carbocycles. The van der Waals surface area contributed by atoms with Crippen LogP contribution in [0, 0.1) is 0 Å². The van der Waals surface area contributed by atoms with Gasteiger partial charge in [0.1, 0.15) is 17.3 Å². The monoisotopic (exact) mass is 204 g/mol. The molecule has 0 spiro atoms. The quantitative estimate of drug-likeness (QED) is 0.559. The Morgan fingerprint density at radius 1 is 1.27 bits per heavy atom. The zero-order chi connectivity index (χ0) is 10.5. The number of fused-ring (bicyclic) bond motifs is 1. The van der Waals surface area contributed by atoms with E-state index in [2.05, 4.69) is 19.7 Å². The molecule has 0 aliphatic rings. The highest BCUT2D eigenvalue weighted by Crippen LogP contribution is 2.06. The van der Waals surface area contributed by atoms with Gasteiger partial charge in [-0.3, -0.25) is 0 Å². The molecule has 0 saturated heterocycles. The molecule has 0 unspecified atom stereocenters. The summed E-state index contributed by atoms with van der Waals surface area (Å²) in [4.78, 5) is 4.31. The van der Waals surface area contributed by atoms with Crippen molar-refractivity contribution in [3.63, 3.8) is 0 Å². The van der Waals surface area contributed by atoms with E-state index in [1.165, 1.54) is 12.7 Å². The van der Waals surface area contributed by atoms with Crippen molar-refractivity contribution in [2.24, 2.45) is 0 Å². The molecule has 2 heterocycles. The van der Waals surface area contributed by atoms with Gasteiger partial charge in [0.15, 0.2) is 6.39 Å². The van der Waals surface area contributed by atoms with Crippen molar-refractivity contribution in [2.45, 2.75) is 0 Å². The fraction of sp³-hybridized carbons (Fsp3) is 0. The van der Waals surface area contributed by atoms with E-state index in [9.17, 15) is 0 Å². The van der Waals surface area contributed by atoms with Gasteiger partial charge < -0.3 is 9.62 Å². The minimum Gasteiger partial charge on any atom is -0.452 e. The Morgan fingerprint density at radius 3 is 2.73 bits per heavy atom. The number of hydrogen-bond donors (Lipinski definition) is 1. The maximum Gasteiger partial charge on any atom is 0.180 e. The van der Waals surface area contributed by atoms with Crippen LogP contribution in [0.5, 0.6) is 0 Å². The summed E-state index contributed by atoms with van der Waals surface area (Å²) in [5, 5.41) is 16.1. The minimum absolute atomic E-state index is 0.627. The maximum atomic E-state index is 8.95. The average Bonchev–Trinajstić information content (AvgIpc) is 2.92. The van der Waals surface area contributed by atoms with Gasteiger partial charge in [-0.05, 0) is 17.3 Å². The van der Waals surface area contributed by atoms with Crippen molar-refractivity contribution in [3.8, 4) is 0 Å². The molecule has 0 radical (unpaired) electrons. The minimum atomic E-state index is 0.627. The summed E-state index contributed by atoms with van der Waals surface area (Å²) in [6.07, 6.45) is 4.47. The Hall–Kier alpha value is -2.37. The van der Waals surface area contributed by atoms with Gasteiger partial charge >= 0.3 is 0 Å². The molecule has 3 rings (SSSR count). The Kier molecular flexibility index (Phi) is 2.59. The number of rotatable bonds is 0. The van der Waals surface area contributed by atoms with Gasteiger partial charge in [0, 0.05) is 0 Å². The first-order chi connectivity index (χ1) is 7.38. The van der Waals surface area contributed by atoms with Gasteiger partial charge in [-0.25, -0.2) is 4.98 Å². The fourth-order valence-electron chi connectivity index (χ4n) is 1.03. The van der Waals surface area contributed by atoms with E-state index >= 15 is 0 Å². The lowest BCUT2D eigenvalue weighted by Gasteiger charge is -1.85. The predicted molar refractivity (Wildman–Crippen MR) is 51.2 cm³/mol. The van der Waals surface area contributed by atoms with E-state index in [1.807, 2.05) is 12.1 Å². The number of aromatic nitrogens is 4.